The molecule has 8 heteroatoms. The maximum Gasteiger partial charge on any atom is 0.274 e. The van der Waals surface area contributed by atoms with E-state index < -0.39 is 6.10 Å². The lowest BCUT2D eigenvalue weighted by molar-refractivity contribution is -0.142. The van der Waals surface area contributed by atoms with Crippen LogP contribution in [0.2, 0.25) is 0 Å². The van der Waals surface area contributed by atoms with Gasteiger partial charge in [0.15, 0.2) is 5.13 Å². The van der Waals surface area contributed by atoms with Crippen molar-refractivity contribution in [2.75, 3.05) is 18.9 Å². The van der Waals surface area contributed by atoms with Gasteiger partial charge in [-0.05, 0) is 48.6 Å². The van der Waals surface area contributed by atoms with Gasteiger partial charge in [-0.15, -0.1) is 17.8 Å². The number of nitrogens with zero attached hydrogens (tertiary/aromatic N) is 3. The summed E-state index contributed by atoms with van der Waals surface area (Å²) in [4.78, 5) is 33.1. The second-order valence-electron chi connectivity index (χ2n) is 10.3. The molecule has 1 saturated carbocycles. The predicted molar refractivity (Wildman–Crippen MR) is 134 cm³/mol. The number of rotatable bonds is 5. The minimum absolute atomic E-state index is 0.00883. The maximum absolute atomic E-state index is 12.9. The SMILES string of the molecule is C#CCN(C)C(=O)[C@@H](C)[C@@H]1CC[C@]2(C)Cc3sc(NC(=O)c4cccn4C)nc3[C@@H](C)[C@@H]2[C@H]1O. The topological polar surface area (TPSA) is 87.5 Å². The highest BCUT2D eigenvalue weighted by atomic mass is 32.1. The molecule has 34 heavy (non-hydrogen) atoms. The average molecular weight is 483 g/mol. The molecule has 2 aromatic rings. The van der Waals surface area contributed by atoms with E-state index in [1.54, 1.807) is 22.6 Å². The van der Waals surface area contributed by atoms with Crippen LogP contribution < -0.4 is 5.32 Å². The molecule has 0 unspecified atom stereocenters. The Morgan fingerprint density at radius 2 is 2.24 bits per heavy atom. The fraction of sp³-hybridized carbons (Fsp3) is 0.577. The number of aliphatic hydroxyl groups excluding tert-OH is 1. The lowest BCUT2D eigenvalue weighted by Gasteiger charge is -2.53. The van der Waals surface area contributed by atoms with Crippen molar-refractivity contribution in [3.05, 3.63) is 34.6 Å². The van der Waals surface area contributed by atoms with E-state index in [1.165, 1.54) is 16.2 Å². The van der Waals surface area contributed by atoms with Crippen molar-refractivity contribution in [3.8, 4) is 12.3 Å². The first-order chi connectivity index (χ1) is 16.1. The summed E-state index contributed by atoms with van der Waals surface area (Å²) in [6, 6.07) is 3.62. The van der Waals surface area contributed by atoms with Crippen molar-refractivity contribution < 1.29 is 14.7 Å². The highest BCUT2D eigenvalue weighted by Crippen LogP contribution is 2.57. The summed E-state index contributed by atoms with van der Waals surface area (Å²) in [7, 11) is 3.55. The van der Waals surface area contributed by atoms with Crippen LogP contribution in [0.3, 0.4) is 0 Å². The van der Waals surface area contributed by atoms with Gasteiger partial charge in [-0.1, -0.05) is 26.7 Å². The molecule has 1 fully saturated rings. The number of amides is 2. The zero-order valence-corrected chi connectivity index (χ0v) is 21.4. The molecule has 6 atom stereocenters. The Balaban J connectivity index is 1.55. The van der Waals surface area contributed by atoms with Gasteiger partial charge >= 0.3 is 0 Å². The molecule has 0 bridgehead atoms. The molecule has 0 radical (unpaired) electrons. The highest BCUT2D eigenvalue weighted by molar-refractivity contribution is 7.15. The molecule has 4 rings (SSSR count). The van der Waals surface area contributed by atoms with Crippen molar-refractivity contribution in [2.45, 2.75) is 52.1 Å². The quantitative estimate of drug-likeness (QED) is 0.639. The van der Waals surface area contributed by atoms with Crippen LogP contribution in [0.5, 0.6) is 0 Å². The van der Waals surface area contributed by atoms with E-state index in [0.717, 1.165) is 25.0 Å². The summed E-state index contributed by atoms with van der Waals surface area (Å²) in [6.07, 6.45) is 9.16. The molecule has 0 spiro atoms. The number of anilines is 1. The van der Waals surface area contributed by atoms with Crippen LogP contribution in [-0.4, -0.2) is 51.1 Å². The minimum atomic E-state index is -0.608. The molecule has 0 aliphatic heterocycles. The smallest absolute Gasteiger partial charge is 0.274 e. The van der Waals surface area contributed by atoms with Gasteiger partial charge in [-0.2, -0.15) is 0 Å². The van der Waals surface area contributed by atoms with Crippen LogP contribution in [0, 0.1) is 35.5 Å². The van der Waals surface area contributed by atoms with E-state index in [1.807, 2.05) is 26.2 Å². The van der Waals surface area contributed by atoms with Crippen molar-refractivity contribution in [1.82, 2.24) is 14.5 Å². The fourth-order valence-electron chi connectivity index (χ4n) is 6.20. The molecule has 2 aliphatic carbocycles. The molecule has 0 saturated heterocycles. The number of thiazole rings is 1. The van der Waals surface area contributed by atoms with Crippen molar-refractivity contribution >= 4 is 28.3 Å². The summed E-state index contributed by atoms with van der Waals surface area (Å²) < 4.78 is 1.78. The van der Waals surface area contributed by atoms with Gasteiger partial charge in [-0.25, -0.2) is 4.98 Å². The lowest BCUT2D eigenvalue weighted by atomic mass is 9.53. The van der Waals surface area contributed by atoms with Crippen molar-refractivity contribution in [1.29, 1.82) is 0 Å². The largest absolute Gasteiger partial charge is 0.392 e. The zero-order chi connectivity index (χ0) is 24.8. The maximum atomic E-state index is 12.9. The number of carbonyl (C=O) groups excluding carboxylic acids is 2. The van der Waals surface area contributed by atoms with E-state index in [9.17, 15) is 14.7 Å². The van der Waals surface area contributed by atoms with E-state index in [0.29, 0.717) is 10.8 Å². The Bertz CT molecular complexity index is 1130. The first-order valence-electron chi connectivity index (χ1n) is 11.9. The molecular weight excluding hydrogens is 448 g/mol. The summed E-state index contributed by atoms with van der Waals surface area (Å²) in [5.41, 5.74) is 1.45. The van der Waals surface area contributed by atoms with Gasteiger partial charge in [0.25, 0.3) is 5.91 Å². The number of hydrogen-bond donors (Lipinski definition) is 2. The second kappa shape index (κ2) is 9.20. The fourth-order valence-corrected chi connectivity index (χ4v) is 7.46. The Hall–Kier alpha value is -2.63. The number of aryl methyl sites for hydroxylation is 1. The highest BCUT2D eigenvalue weighted by Gasteiger charge is 2.54. The third kappa shape index (κ3) is 4.16. The number of aromatic nitrogens is 2. The Labute approximate surface area is 205 Å². The number of fused-ring (bicyclic) bond motifs is 2. The van der Waals surface area contributed by atoms with Gasteiger partial charge in [0.05, 0.1) is 18.3 Å². The first kappa shape index (κ1) is 24.5. The Kier molecular flexibility index (Phi) is 6.63. The molecule has 2 aliphatic rings. The second-order valence-corrected chi connectivity index (χ2v) is 11.4. The molecule has 182 valence electrons. The summed E-state index contributed by atoms with van der Waals surface area (Å²) in [5, 5.41) is 15.1. The zero-order valence-electron chi connectivity index (χ0n) is 20.5. The summed E-state index contributed by atoms with van der Waals surface area (Å²) in [6.45, 7) is 6.54. The van der Waals surface area contributed by atoms with Crippen LogP contribution >= 0.6 is 11.3 Å². The number of aliphatic hydroxyl groups is 1. The van der Waals surface area contributed by atoms with Gasteiger partial charge in [-0.3, -0.25) is 14.9 Å². The van der Waals surface area contributed by atoms with E-state index in [-0.39, 0.29) is 47.4 Å². The minimum Gasteiger partial charge on any atom is -0.392 e. The molecule has 2 amide bonds. The Morgan fingerprint density at radius 1 is 1.50 bits per heavy atom. The van der Waals surface area contributed by atoms with Crippen LogP contribution in [0.25, 0.3) is 0 Å². The van der Waals surface area contributed by atoms with Crippen molar-refractivity contribution in [3.63, 3.8) is 0 Å². The van der Waals surface area contributed by atoms with Crippen LogP contribution in [0.15, 0.2) is 18.3 Å². The number of nitrogens with one attached hydrogen (secondary N) is 1. The summed E-state index contributed by atoms with van der Waals surface area (Å²) >= 11 is 1.53. The molecular formula is C26H34N4O3S. The van der Waals surface area contributed by atoms with Gasteiger partial charge in [0.1, 0.15) is 5.69 Å². The van der Waals surface area contributed by atoms with Gasteiger partial charge in [0, 0.05) is 37.0 Å². The number of carbonyl (C=O) groups is 2. The third-order valence-corrected chi connectivity index (χ3v) is 9.04. The molecule has 2 aromatic heterocycles. The van der Waals surface area contributed by atoms with E-state index in [4.69, 9.17) is 11.4 Å². The normalized spacial score (nSPS) is 28.9. The van der Waals surface area contributed by atoms with Crippen molar-refractivity contribution in [2.24, 2.45) is 30.2 Å². The molecule has 0 aromatic carbocycles. The molecule has 2 N–H and O–H groups in total. The molecule has 7 nitrogen and oxygen atoms in total. The molecule has 2 heterocycles. The van der Waals surface area contributed by atoms with Gasteiger partial charge in [0.2, 0.25) is 5.91 Å². The predicted octanol–water partition coefficient (Wildman–Crippen LogP) is 3.51. The van der Waals surface area contributed by atoms with Crippen LogP contribution in [-0.2, 0) is 18.3 Å². The van der Waals surface area contributed by atoms with E-state index >= 15 is 0 Å². The van der Waals surface area contributed by atoms with Gasteiger partial charge < -0.3 is 14.6 Å². The number of hydrogen-bond acceptors (Lipinski definition) is 5. The lowest BCUT2D eigenvalue weighted by Crippen LogP contribution is -2.53. The standard InChI is InChI=1S/C26H34N4O3S/c1-7-12-30(6)24(33)15(2)17-10-11-26(4)14-19-21(16(3)20(26)22(17)31)27-25(34-19)28-23(32)18-9-8-13-29(18)5/h1,8-9,13,15-17,20,22,31H,10-12,14H2,2-6H3,(H,27,28,32)/t15-,16-,17-,20+,22-,26+/m0/s1. The first-order valence-corrected chi connectivity index (χ1v) is 12.7. The Morgan fingerprint density at radius 3 is 2.88 bits per heavy atom. The monoisotopic (exact) mass is 482 g/mol. The van der Waals surface area contributed by atoms with E-state index in [2.05, 4.69) is 25.1 Å². The average Bonchev–Trinajstić information content (AvgIpc) is 3.38. The van der Waals surface area contributed by atoms with Crippen LogP contribution in [0.4, 0.5) is 5.13 Å². The number of terminal acetylenes is 1. The summed E-state index contributed by atoms with van der Waals surface area (Å²) in [5.74, 6) is 1.91. The van der Waals surface area contributed by atoms with Crippen LogP contribution in [0.1, 0.15) is 60.6 Å². The third-order valence-electron chi connectivity index (χ3n) is 8.06.